The number of allylic oxidation sites excluding steroid dienone is 2. The van der Waals surface area contributed by atoms with E-state index in [0.29, 0.717) is 6.04 Å². The highest BCUT2D eigenvalue weighted by Crippen LogP contribution is 2.46. The lowest BCUT2D eigenvalue weighted by atomic mass is 9.76. The Morgan fingerprint density at radius 1 is 1.20 bits per heavy atom. The van der Waals surface area contributed by atoms with E-state index in [1.165, 1.54) is 11.3 Å². The van der Waals surface area contributed by atoms with E-state index >= 15 is 0 Å². The molecule has 1 aliphatic heterocycles. The lowest BCUT2D eigenvalue weighted by Gasteiger charge is -2.32. The molecule has 2 atom stereocenters. The van der Waals surface area contributed by atoms with E-state index in [4.69, 9.17) is 0 Å². The van der Waals surface area contributed by atoms with Crippen LogP contribution in [-0.2, 0) is 5.41 Å². The van der Waals surface area contributed by atoms with Crippen molar-refractivity contribution >= 4 is 5.69 Å². The molecule has 0 aromatic heterocycles. The van der Waals surface area contributed by atoms with Crippen molar-refractivity contribution in [2.75, 3.05) is 11.9 Å². The van der Waals surface area contributed by atoms with Gasteiger partial charge < -0.3 is 4.90 Å². The zero-order valence-electron chi connectivity index (χ0n) is 9.14. The number of hydrogen-bond donors (Lipinski definition) is 0. The minimum atomic E-state index is 0.153. The van der Waals surface area contributed by atoms with Crippen LogP contribution >= 0.6 is 0 Å². The zero-order valence-corrected chi connectivity index (χ0v) is 9.14. The molecule has 1 nitrogen and oxygen atoms in total. The highest BCUT2D eigenvalue weighted by atomic mass is 15.2. The number of anilines is 1. The number of benzene rings is 1. The van der Waals surface area contributed by atoms with Gasteiger partial charge >= 0.3 is 0 Å². The first kappa shape index (κ1) is 8.78. The second kappa shape index (κ2) is 2.75. The Kier molecular flexibility index (Phi) is 1.61. The fourth-order valence-corrected chi connectivity index (χ4v) is 2.89. The van der Waals surface area contributed by atoms with Crippen LogP contribution in [0.3, 0.4) is 0 Å². The van der Waals surface area contributed by atoms with Gasteiger partial charge in [-0.15, -0.1) is 0 Å². The molecule has 0 bridgehead atoms. The van der Waals surface area contributed by atoms with Crippen LogP contribution in [0.4, 0.5) is 5.69 Å². The highest BCUT2D eigenvalue weighted by Gasteiger charge is 2.43. The Balaban J connectivity index is 2.25. The number of hydrogen-bond acceptors (Lipinski definition) is 1. The van der Waals surface area contributed by atoms with Crippen LogP contribution in [0.1, 0.15) is 12.5 Å². The molecule has 15 heavy (non-hydrogen) atoms. The van der Waals surface area contributed by atoms with E-state index in [-0.39, 0.29) is 5.41 Å². The Hall–Kier alpha value is -1.50. The number of fused-ring (bicyclic) bond motifs is 3. The van der Waals surface area contributed by atoms with Crippen LogP contribution in [0.5, 0.6) is 0 Å². The van der Waals surface area contributed by atoms with Gasteiger partial charge in [0, 0.05) is 18.2 Å². The van der Waals surface area contributed by atoms with Crippen LogP contribution in [0.2, 0.25) is 0 Å². The Labute approximate surface area is 90.7 Å². The monoisotopic (exact) mass is 197 g/mol. The maximum Gasteiger partial charge on any atom is 0.0602 e. The summed E-state index contributed by atoms with van der Waals surface area (Å²) in [5.74, 6) is 0. The summed E-state index contributed by atoms with van der Waals surface area (Å²) in [5, 5.41) is 0. The average Bonchev–Trinajstić information content (AvgIpc) is 2.50. The van der Waals surface area contributed by atoms with Crippen molar-refractivity contribution in [2.24, 2.45) is 0 Å². The number of likely N-dealkylation sites (N-methyl/N-ethyl adjacent to an activating group) is 1. The van der Waals surface area contributed by atoms with Gasteiger partial charge in [0.25, 0.3) is 0 Å². The first-order valence-corrected chi connectivity index (χ1v) is 5.42. The second-order valence-electron chi connectivity index (χ2n) is 4.60. The van der Waals surface area contributed by atoms with Gasteiger partial charge in [-0.2, -0.15) is 0 Å². The van der Waals surface area contributed by atoms with Crippen molar-refractivity contribution in [3.63, 3.8) is 0 Å². The summed E-state index contributed by atoms with van der Waals surface area (Å²) in [6.45, 7) is 2.32. The third kappa shape index (κ3) is 0.980. The first-order chi connectivity index (χ1) is 7.23. The molecule has 0 amide bonds. The zero-order chi connectivity index (χ0) is 10.5. The molecule has 0 N–H and O–H groups in total. The van der Waals surface area contributed by atoms with E-state index in [1.54, 1.807) is 0 Å². The van der Waals surface area contributed by atoms with Gasteiger partial charge in [0.1, 0.15) is 0 Å². The summed E-state index contributed by atoms with van der Waals surface area (Å²) in [4.78, 5) is 2.37. The topological polar surface area (TPSA) is 3.24 Å². The lowest BCUT2D eigenvalue weighted by Crippen LogP contribution is -2.39. The maximum atomic E-state index is 2.37. The third-order valence-electron chi connectivity index (χ3n) is 3.74. The van der Waals surface area contributed by atoms with E-state index in [2.05, 4.69) is 67.4 Å². The summed E-state index contributed by atoms with van der Waals surface area (Å²) >= 11 is 0. The SMILES string of the molecule is CN1c2ccccc2C2(C)C=CC=C[C@@H]12. The second-order valence-corrected chi connectivity index (χ2v) is 4.60. The van der Waals surface area contributed by atoms with Gasteiger partial charge in [-0.1, -0.05) is 42.5 Å². The summed E-state index contributed by atoms with van der Waals surface area (Å²) in [6, 6.07) is 9.17. The van der Waals surface area contributed by atoms with Crippen LogP contribution in [0, 0.1) is 0 Å². The molecule has 1 unspecified atom stereocenters. The largest absolute Gasteiger partial charge is 0.367 e. The molecule has 1 aromatic rings. The van der Waals surface area contributed by atoms with E-state index in [1.807, 2.05) is 0 Å². The predicted molar refractivity (Wildman–Crippen MR) is 64.3 cm³/mol. The van der Waals surface area contributed by atoms with Crippen LogP contribution in [-0.4, -0.2) is 13.1 Å². The standard InChI is InChI=1S/C14H15N/c1-14-10-6-5-9-13(14)15(2)12-8-4-3-7-11(12)14/h3-10,13H,1-2H3/t13-,14?/m1/s1. The molecule has 0 fully saturated rings. The van der Waals surface area contributed by atoms with Crippen molar-refractivity contribution in [1.82, 2.24) is 0 Å². The Morgan fingerprint density at radius 2 is 2.00 bits per heavy atom. The van der Waals surface area contributed by atoms with Crippen molar-refractivity contribution < 1.29 is 0 Å². The fourth-order valence-electron chi connectivity index (χ4n) is 2.89. The van der Waals surface area contributed by atoms with Crippen molar-refractivity contribution in [3.05, 3.63) is 54.1 Å². The molecule has 0 saturated carbocycles. The average molecular weight is 197 g/mol. The van der Waals surface area contributed by atoms with Crippen LogP contribution in [0.15, 0.2) is 48.6 Å². The molecule has 1 heteroatoms. The number of nitrogens with zero attached hydrogens (tertiary/aromatic N) is 1. The molecule has 1 aromatic carbocycles. The first-order valence-electron chi connectivity index (χ1n) is 5.42. The van der Waals surface area contributed by atoms with E-state index < -0.39 is 0 Å². The number of rotatable bonds is 0. The van der Waals surface area contributed by atoms with Gasteiger partial charge in [-0.05, 0) is 18.6 Å². The van der Waals surface area contributed by atoms with Gasteiger partial charge in [0.05, 0.1) is 6.04 Å². The molecular weight excluding hydrogens is 182 g/mol. The highest BCUT2D eigenvalue weighted by molar-refractivity contribution is 5.67. The molecule has 1 heterocycles. The quantitative estimate of drug-likeness (QED) is 0.618. The van der Waals surface area contributed by atoms with Gasteiger partial charge in [0.15, 0.2) is 0 Å². The van der Waals surface area contributed by atoms with Gasteiger partial charge in [0.2, 0.25) is 0 Å². The maximum absolute atomic E-state index is 2.37. The molecular formula is C14H15N. The predicted octanol–water partition coefficient (Wildman–Crippen LogP) is 2.89. The third-order valence-corrected chi connectivity index (χ3v) is 3.74. The van der Waals surface area contributed by atoms with Crippen LogP contribution < -0.4 is 4.90 Å². The molecule has 76 valence electrons. The molecule has 0 radical (unpaired) electrons. The number of para-hydroxylation sites is 1. The van der Waals surface area contributed by atoms with Crippen molar-refractivity contribution in [3.8, 4) is 0 Å². The summed E-state index contributed by atoms with van der Waals surface area (Å²) in [6.07, 6.45) is 8.92. The van der Waals surface area contributed by atoms with Crippen molar-refractivity contribution in [2.45, 2.75) is 18.4 Å². The van der Waals surface area contributed by atoms with Gasteiger partial charge in [-0.3, -0.25) is 0 Å². The summed E-state index contributed by atoms with van der Waals surface area (Å²) < 4.78 is 0. The van der Waals surface area contributed by atoms with E-state index in [9.17, 15) is 0 Å². The Bertz CT molecular complexity index is 458. The summed E-state index contributed by atoms with van der Waals surface area (Å²) in [7, 11) is 2.18. The van der Waals surface area contributed by atoms with Gasteiger partial charge in [-0.25, -0.2) is 0 Å². The lowest BCUT2D eigenvalue weighted by molar-refractivity contribution is 0.541. The molecule has 0 saturated heterocycles. The van der Waals surface area contributed by atoms with Crippen molar-refractivity contribution in [1.29, 1.82) is 0 Å². The normalized spacial score (nSPS) is 31.6. The molecule has 3 rings (SSSR count). The summed E-state index contributed by atoms with van der Waals surface area (Å²) in [5.41, 5.74) is 2.96. The smallest absolute Gasteiger partial charge is 0.0602 e. The minimum absolute atomic E-state index is 0.153. The van der Waals surface area contributed by atoms with E-state index in [0.717, 1.165) is 0 Å². The minimum Gasteiger partial charge on any atom is -0.367 e. The fraction of sp³-hybridized carbons (Fsp3) is 0.286. The Morgan fingerprint density at radius 3 is 2.87 bits per heavy atom. The molecule has 0 spiro atoms. The molecule has 2 aliphatic rings. The molecule has 1 aliphatic carbocycles. The van der Waals surface area contributed by atoms with Crippen LogP contribution in [0.25, 0.3) is 0 Å².